The summed E-state index contributed by atoms with van der Waals surface area (Å²) < 4.78 is 3.03. The van der Waals surface area contributed by atoms with Gasteiger partial charge < -0.3 is 5.32 Å². The number of rotatable bonds is 4. The minimum Gasteiger partial charge on any atom is -0.364 e. The highest BCUT2D eigenvalue weighted by atomic mass is 32.1. The van der Waals surface area contributed by atoms with Crippen molar-refractivity contribution in [2.24, 2.45) is 0 Å². The Morgan fingerprint density at radius 3 is 3.11 bits per heavy atom. The Morgan fingerprint density at radius 1 is 1.42 bits per heavy atom. The Bertz CT molecular complexity index is 673. The summed E-state index contributed by atoms with van der Waals surface area (Å²) in [5.74, 6) is 0.905. The third-order valence-electron chi connectivity index (χ3n) is 2.93. The molecule has 1 atom stereocenters. The molecule has 0 aliphatic heterocycles. The molecular formula is C13H15N5S. The fourth-order valence-electron chi connectivity index (χ4n) is 2.04. The molecule has 3 aromatic rings. The fraction of sp³-hybridized carbons (Fsp3) is 0.308. The SMILES string of the molecule is Cc1csc2c(NC(C)Cn3cccn3)ncnc12. The largest absolute Gasteiger partial charge is 0.364 e. The molecule has 19 heavy (non-hydrogen) atoms. The highest BCUT2D eigenvalue weighted by molar-refractivity contribution is 7.18. The van der Waals surface area contributed by atoms with Crippen molar-refractivity contribution in [1.29, 1.82) is 0 Å². The lowest BCUT2D eigenvalue weighted by Crippen LogP contribution is -2.22. The van der Waals surface area contributed by atoms with Crippen LogP contribution in [0, 0.1) is 6.92 Å². The van der Waals surface area contributed by atoms with Crippen LogP contribution in [0.15, 0.2) is 30.2 Å². The third kappa shape index (κ3) is 2.44. The number of hydrogen-bond donors (Lipinski definition) is 1. The first-order valence-electron chi connectivity index (χ1n) is 6.17. The molecule has 0 radical (unpaired) electrons. The zero-order valence-corrected chi connectivity index (χ0v) is 11.7. The molecule has 0 bridgehead atoms. The predicted molar refractivity (Wildman–Crippen MR) is 77.5 cm³/mol. The molecule has 0 aliphatic carbocycles. The van der Waals surface area contributed by atoms with Crippen LogP contribution in [0.5, 0.6) is 0 Å². The second-order valence-electron chi connectivity index (χ2n) is 4.59. The summed E-state index contributed by atoms with van der Waals surface area (Å²) in [5, 5.41) is 9.76. The first kappa shape index (κ1) is 12.1. The van der Waals surface area contributed by atoms with E-state index in [9.17, 15) is 0 Å². The number of aromatic nitrogens is 4. The normalized spacial score (nSPS) is 12.7. The number of nitrogens with one attached hydrogen (secondary N) is 1. The maximum Gasteiger partial charge on any atom is 0.147 e. The zero-order valence-electron chi connectivity index (χ0n) is 10.9. The van der Waals surface area contributed by atoms with Gasteiger partial charge in [-0.2, -0.15) is 5.10 Å². The van der Waals surface area contributed by atoms with E-state index in [0.29, 0.717) is 0 Å². The van der Waals surface area contributed by atoms with Gasteiger partial charge in [0, 0.05) is 18.4 Å². The predicted octanol–water partition coefficient (Wildman–Crippen LogP) is 2.70. The Balaban J connectivity index is 1.81. The number of fused-ring (bicyclic) bond motifs is 1. The van der Waals surface area contributed by atoms with Crippen LogP contribution < -0.4 is 5.32 Å². The van der Waals surface area contributed by atoms with Crippen LogP contribution in [0.4, 0.5) is 5.82 Å². The minimum atomic E-state index is 0.250. The standard InChI is InChI=1S/C13H15N5S/c1-9-7-19-12-11(9)14-8-15-13(12)17-10(2)6-18-5-3-4-16-18/h3-5,7-8,10H,6H2,1-2H3,(H,14,15,17). The molecule has 98 valence electrons. The molecule has 0 saturated heterocycles. The molecule has 3 aromatic heterocycles. The molecule has 0 aliphatic rings. The second-order valence-corrected chi connectivity index (χ2v) is 5.47. The number of hydrogen-bond acceptors (Lipinski definition) is 5. The summed E-state index contributed by atoms with van der Waals surface area (Å²) in [5.41, 5.74) is 2.24. The van der Waals surface area contributed by atoms with Gasteiger partial charge in [0.15, 0.2) is 0 Å². The Hall–Kier alpha value is -1.95. The van der Waals surface area contributed by atoms with Crippen LogP contribution in [0.2, 0.25) is 0 Å². The average Bonchev–Trinajstić information content (AvgIpc) is 3.01. The summed E-state index contributed by atoms with van der Waals surface area (Å²) in [6.07, 6.45) is 5.37. The van der Waals surface area contributed by atoms with Gasteiger partial charge in [-0.1, -0.05) is 0 Å². The maximum atomic E-state index is 4.35. The molecule has 0 aromatic carbocycles. The van der Waals surface area contributed by atoms with Crippen molar-refractivity contribution in [3.05, 3.63) is 35.7 Å². The molecule has 0 fully saturated rings. The summed E-state index contributed by atoms with van der Waals surface area (Å²) >= 11 is 1.68. The number of anilines is 1. The van der Waals surface area contributed by atoms with E-state index in [0.717, 1.165) is 22.6 Å². The zero-order chi connectivity index (χ0) is 13.2. The van der Waals surface area contributed by atoms with Crippen molar-refractivity contribution in [1.82, 2.24) is 19.7 Å². The highest BCUT2D eigenvalue weighted by Crippen LogP contribution is 2.28. The van der Waals surface area contributed by atoms with Gasteiger partial charge in [0.05, 0.1) is 16.8 Å². The topological polar surface area (TPSA) is 55.6 Å². The van der Waals surface area contributed by atoms with E-state index in [-0.39, 0.29) is 6.04 Å². The molecule has 5 nitrogen and oxygen atoms in total. The van der Waals surface area contributed by atoms with Crippen molar-refractivity contribution in [2.75, 3.05) is 5.32 Å². The summed E-state index contributed by atoms with van der Waals surface area (Å²) in [4.78, 5) is 8.67. The van der Waals surface area contributed by atoms with E-state index in [4.69, 9.17) is 0 Å². The van der Waals surface area contributed by atoms with E-state index < -0.39 is 0 Å². The Morgan fingerprint density at radius 2 is 2.32 bits per heavy atom. The summed E-state index contributed by atoms with van der Waals surface area (Å²) in [7, 11) is 0. The van der Waals surface area contributed by atoms with Gasteiger partial charge in [-0.05, 0) is 30.9 Å². The molecule has 3 heterocycles. The Kier molecular flexibility index (Phi) is 3.16. The minimum absolute atomic E-state index is 0.250. The lowest BCUT2D eigenvalue weighted by Gasteiger charge is -2.14. The van der Waals surface area contributed by atoms with Gasteiger partial charge in [-0.25, -0.2) is 9.97 Å². The molecule has 1 unspecified atom stereocenters. The average molecular weight is 273 g/mol. The van der Waals surface area contributed by atoms with E-state index in [1.54, 1.807) is 23.9 Å². The quantitative estimate of drug-likeness (QED) is 0.794. The van der Waals surface area contributed by atoms with Crippen molar-refractivity contribution in [3.63, 3.8) is 0 Å². The monoisotopic (exact) mass is 273 g/mol. The highest BCUT2D eigenvalue weighted by Gasteiger charge is 2.10. The van der Waals surface area contributed by atoms with Crippen molar-refractivity contribution in [2.45, 2.75) is 26.4 Å². The third-order valence-corrected chi connectivity index (χ3v) is 4.03. The van der Waals surface area contributed by atoms with E-state index >= 15 is 0 Å². The second kappa shape index (κ2) is 4.97. The van der Waals surface area contributed by atoms with Crippen LogP contribution in [-0.4, -0.2) is 25.8 Å². The van der Waals surface area contributed by atoms with Crippen LogP contribution in [0.1, 0.15) is 12.5 Å². The van der Waals surface area contributed by atoms with E-state index in [1.165, 1.54) is 5.56 Å². The molecule has 1 N–H and O–H groups in total. The van der Waals surface area contributed by atoms with Crippen LogP contribution in [-0.2, 0) is 6.54 Å². The van der Waals surface area contributed by atoms with Gasteiger partial charge in [0.1, 0.15) is 12.1 Å². The lowest BCUT2D eigenvalue weighted by atomic mass is 10.3. The number of aryl methyl sites for hydroxylation is 1. The van der Waals surface area contributed by atoms with Crippen LogP contribution >= 0.6 is 11.3 Å². The number of nitrogens with zero attached hydrogens (tertiary/aromatic N) is 4. The van der Waals surface area contributed by atoms with Crippen molar-refractivity contribution in [3.8, 4) is 0 Å². The lowest BCUT2D eigenvalue weighted by molar-refractivity contribution is 0.560. The first-order chi connectivity index (χ1) is 9.24. The van der Waals surface area contributed by atoms with E-state index in [1.807, 2.05) is 16.9 Å². The molecular weight excluding hydrogens is 258 g/mol. The molecule has 6 heteroatoms. The fourth-order valence-corrected chi connectivity index (χ4v) is 3.00. The summed E-state index contributed by atoms with van der Waals surface area (Å²) in [6.45, 7) is 5.00. The first-order valence-corrected chi connectivity index (χ1v) is 7.05. The van der Waals surface area contributed by atoms with Crippen molar-refractivity contribution < 1.29 is 0 Å². The van der Waals surface area contributed by atoms with Gasteiger partial charge in [-0.15, -0.1) is 11.3 Å². The molecule has 0 amide bonds. The maximum absolute atomic E-state index is 4.35. The molecule has 3 rings (SSSR count). The van der Waals surface area contributed by atoms with Crippen LogP contribution in [0.3, 0.4) is 0 Å². The number of thiophene rings is 1. The van der Waals surface area contributed by atoms with Gasteiger partial charge in [-0.3, -0.25) is 4.68 Å². The van der Waals surface area contributed by atoms with Gasteiger partial charge in [0.2, 0.25) is 0 Å². The van der Waals surface area contributed by atoms with E-state index in [2.05, 4.69) is 39.6 Å². The smallest absolute Gasteiger partial charge is 0.147 e. The van der Waals surface area contributed by atoms with Gasteiger partial charge in [0.25, 0.3) is 0 Å². The summed E-state index contributed by atoms with van der Waals surface area (Å²) in [6, 6.07) is 2.18. The Labute approximate surface area is 115 Å². The van der Waals surface area contributed by atoms with Crippen molar-refractivity contribution >= 4 is 27.4 Å². The van der Waals surface area contributed by atoms with Gasteiger partial charge >= 0.3 is 0 Å². The van der Waals surface area contributed by atoms with Crippen LogP contribution in [0.25, 0.3) is 10.2 Å². The molecule has 0 saturated carbocycles. The molecule has 0 spiro atoms.